The quantitative estimate of drug-likeness (QED) is 0.837. The monoisotopic (exact) mass is 322 g/mol. The summed E-state index contributed by atoms with van der Waals surface area (Å²) < 4.78 is 13.2. The number of halogens is 1. The smallest absolute Gasteiger partial charge is 0.289 e. The van der Waals surface area contributed by atoms with E-state index in [1.54, 1.807) is 11.0 Å². The van der Waals surface area contributed by atoms with Gasteiger partial charge >= 0.3 is 0 Å². The van der Waals surface area contributed by atoms with E-state index in [0.717, 1.165) is 11.8 Å². The van der Waals surface area contributed by atoms with Gasteiger partial charge in [0, 0.05) is 24.7 Å². The minimum Gasteiger partial charge on any atom is -0.338 e. The van der Waals surface area contributed by atoms with Crippen molar-refractivity contribution in [3.05, 3.63) is 35.6 Å². The lowest BCUT2D eigenvalue weighted by atomic mass is 10.0. The van der Waals surface area contributed by atoms with Gasteiger partial charge in [-0.15, -0.1) is 0 Å². The summed E-state index contributed by atoms with van der Waals surface area (Å²) in [6.45, 7) is 0.920. The van der Waals surface area contributed by atoms with E-state index in [0.29, 0.717) is 31.5 Å². The number of rotatable bonds is 2. The molecule has 116 valence electrons. The van der Waals surface area contributed by atoms with Crippen molar-refractivity contribution in [2.45, 2.75) is 18.9 Å². The van der Waals surface area contributed by atoms with Crippen LogP contribution in [0.3, 0.4) is 0 Å². The largest absolute Gasteiger partial charge is 0.338 e. The fraction of sp³-hybridized carbons (Fsp3) is 0.400. The molecule has 0 bridgehead atoms. The van der Waals surface area contributed by atoms with E-state index < -0.39 is 5.82 Å². The summed E-state index contributed by atoms with van der Waals surface area (Å²) in [6.07, 6.45) is 1.14. The van der Waals surface area contributed by atoms with Gasteiger partial charge in [0.2, 0.25) is 5.91 Å². The van der Waals surface area contributed by atoms with Crippen LogP contribution in [0.25, 0.3) is 0 Å². The zero-order valence-corrected chi connectivity index (χ0v) is 12.6. The Balaban J connectivity index is 1.63. The number of thioether (sulfide) groups is 1. The molecule has 5 nitrogen and oxygen atoms in total. The predicted octanol–water partition coefficient (Wildman–Crippen LogP) is 2.13. The van der Waals surface area contributed by atoms with Crippen LogP contribution in [-0.4, -0.2) is 51.7 Å². The van der Waals surface area contributed by atoms with Gasteiger partial charge in [0.15, 0.2) is 0 Å². The number of nitrogens with zero attached hydrogens (tertiary/aromatic N) is 2. The van der Waals surface area contributed by atoms with E-state index in [4.69, 9.17) is 0 Å². The molecule has 2 heterocycles. The summed E-state index contributed by atoms with van der Waals surface area (Å²) in [5.41, 5.74) is 0.322. The van der Waals surface area contributed by atoms with Crippen LogP contribution in [-0.2, 0) is 4.79 Å². The van der Waals surface area contributed by atoms with E-state index in [2.05, 4.69) is 0 Å². The Labute approximate surface area is 131 Å². The molecule has 0 aliphatic carbocycles. The first-order valence-corrected chi connectivity index (χ1v) is 8.08. The lowest BCUT2D eigenvalue weighted by Crippen LogP contribution is -2.48. The zero-order chi connectivity index (χ0) is 15.7. The van der Waals surface area contributed by atoms with Gasteiger partial charge in [0.25, 0.3) is 11.1 Å². The molecular weight excluding hydrogens is 307 g/mol. The maximum absolute atomic E-state index is 13.2. The third-order valence-corrected chi connectivity index (χ3v) is 4.81. The van der Waals surface area contributed by atoms with Crippen LogP contribution >= 0.6 is 11.8 Å². The van der Waals surface area contributed by atoms with E-state index in [-0.39, 0.29) is 28.8 Å². The number of imide groups is 1. The Morgan fingerprint density at radius 3 is 2.55 bits per heavy atom. The third-order valence-electron chi connectivity index (χ3n) is 3.97. The van der Waals surface area contributed by atoms with Gasteiger partial charge in [-0.3, -0.25) is 19.3 Å². The molecule has 2 aliphatic rings. The van der Waals surface area contributed by atoms with Gasteiger partial charge in [-0.05, 0) is 31.0 Å². The van der Waals surface area contributed by atoms with Crippen molar-refractivity contribution in [1.29, 1.82) is 0 Å². The van der Waals surface area contributed by atoms with Gasteiger partial charge in [0.05, 0.1) is 5.75 Å². The second kappa shape index (κ2) is 6.08. The van der Waals surface area contributed by atoms with Crippen LogP contribution in [0.2, 0.25) is 0 Å². The van der Waals surface area contributed by atoms with E-state index in [1.807, 2.05) is 0 Å². The molecule has 0 atom stereocenters. The Morgan fingerprint density at radius 2 is 1.95 bits per heavy atom. The van der Waals surface area contributed by atoms with Crippen molar-refractivity contribution in [2.75, 3.05) is 18.8 Å². The second-order valence-corrected chi connectivity index (χ2v) is 6.28. The summed E-state index contributed by atoms with van der Waals surface area (Å²) in [6, 6.07) is 5.48. The summed E-state index contributed by atoms with van der Waals surface area (Å²) in [5, 5.41) is -0.195. The van der Waals surface area contributed by atoms with Crippen molar-refractivity contribution in [1.82, 2.24) is 9.80 Å². The lowest BCUT2D eigenvalue weighted by Gasteiger charge is -2.35. The Morgan fingerprint density at radius 1 is 1.23 bits per heavy atom. The first-order valence-electron chi connectivity index (χ1n) is 7.10. The first-order chi connectivity index (χ1) is 10.6. The molecule has 1 aromatic rings. The highest BCUT2D eigenvalue weighted by atomic mass is 32.2. The first kappa shape index (κ1) is 15.0. The summed E-state index contributed by atoms with van der Waals surface area (Å²) >= 11 is 1.03. The van der Waals surface area contributed by atoms with E-state index >= 15 is 0 Å². The predicted molar refractivity (Wildman–Crippen MR) is 80.0 cm³/mol. The van der Waals surface area contributed by atoms with Crippen molar-refractivity contribution in [2.24, 2.45) is 0 Å². The molecule has 1 aromatic carbocycles. The molecule has 2 saturated heterocycles. The van der Waals surface area contributed by atoms with Gasteiger partial charge in [-0.25, -0.2) is 4.39 Å². The Hall–Kier alpha value is -1.89. The lowest BCUT2D eigenvalue weighted by molar-refractivity contribution is -0.126. The molecule has 0 radical (unpaired) electrons. The Bertz CT molecular complexity index is 613. The minimum atomic E-state index is -0.439. The molecular formula is C15H15FN2O3S. The highest BCUT2D eigenvalue weighted by molar-refractivity contribution is 8.14. The normalized spacial score (nSPS) is 19.9. The highest BCUT2D eigenvalue weighted by Crippen LogP contribution is 2.27. The number of hydrogen-bond donors (Lipinski definition) is 0. The number of amides is 3. The summed E-state index contributed by atoms with van der Waals surface area (Å²) in [5.74, 6) is -0.594. The number of carbonyl (C=O) groups is 3. The third kappa shape index (κ3) is 2.85. The van der Waals surface area contributed by atoms with E-state index in [9.17, 15) is 18.8 Å². The number of piperidine rings is 1. The number of carbonyl (C=O) groups excluding carboxylic acids is 3. The molecule has 3 rings (SSSR count). The fourth-order valence-electron chi connectivity index (χ4n) is 2.85. The van der Waals surface area contributed by atoms with Crippen molar-refractivity contribution in [3.63, 3.8) is 0 Å². The van der Waals surface area contributed by atoms with Gasteiger partial charge in [-0.2, -0.15) is 0 Å². The van der Waals surface area contributed by atoms with Gasteiger partial charge < -0.3 is 4.90 Å². The van der Waals surface area contributed by atoms with Crippen LogP contribution in [0.15, 0.2) is 24.3 Å². The Kier molecular flexibility index (Phi) is 4.15. The van der Waals surface area contributed by atoms with Crippen LogP contribution in [0.4, 0.5) is 9.18 Å². The molecule has 2 aliphatic heterocycles. The van der Waals surface area contributed by atoms with Crippen molar-refractivity contribution < 1.29 is 18.8 Å². The topological polar surface area (TPSA) is 57.7 Å². The SMILES string of the molecule is O=C(c1cccc(F)c1)N1CCC(N2C(=O)CSC2=O)CC1. The maximum atomic E-state index is 13.2. The number of benzene rings is 1. The van der Waals surface area contributed by atoms with Crippen LogP contribution in [0.1, 0.15) is 23.2 Å². The molecule has 7 heteroatoms. The van der Waals surface area contributed by atoms with Crippen LogP contribution in [0.5, 0.6) is 0 Å². The van der Waals surface area contributed by atoms with Gasteiger partial charge in [-0.1, -0.05) is 17.8 Å². The van der Waals surface area contributed by atoms with Crippen LogP contribution in [0, 0.1) is 5.82 Å². The summed E-state index contributed by atoms with van der Waals surface area (Å²) in [4.78, 5) is 38.7. The standard InChI is InChI=1S/C15H15FN2O3S/c16-11-3-1-2-10(8-11)14(20)17-6-4-12(5-7-17)18-13(19)9-22-15(18)21/h1-3,8,12H,4-7,9H2. The van der Waals surface area contributed by atoms with Crippen LogP contribution < -0.4 is 0 Å². The molecule has 0 saturated carbocycles. The molecule has 0 N–H and O–H groups in total. The number of likely N-dealkylation sites (tertiary alicyclic amines) is 1. The molecule has 3 amide bonds. The minimum absolute atomic E-state index is 0.133. The average molecular weight is 322 g/mol. The average Bonchev–Trinajstić information content (AvgIpc) is 2.86. The van der Waals surface area contributed by atoms with Crippen molar-refractivity contribution in [3.8, 4) is 0 Å². The molecule has 22 heavy (non-hydrogen) atoms. The zero-order valence-electron chi connectivity index (χ0n) is 11.8. The molecule has 0 aromatic heterocycles. The molecule has 0 spiro atoms. The van der Waals surface area contributed by atoms with Gasteiger partial charge in [0.1, 0.15) is 5.82 Å². The fourth-order valence-corrected chi connectivity index (χ4v) is 3.62. The van der Waals surface area contributed by atoms with E-state index in [1.165, 1.54) is 23.1 Å². The molecule has 2 fully saturated rings. The summed E-state index contributed by atoms with van der Waals surface area (Å²) in [7, 11) is 0. The highest BCUT2D eigenvalue weighted by Gasteiger charge is 2.38. The maximum Gasteiger partial charge on any atom is 0.289 e. The molecule has 0 unspecified atom stereocenters. The number of hydrogen-bond acceptors (Lipinski definition) is 4. The second-order valence-electron chi connectivity index (χ2n) is 5.35. The van der Waals surface area contributed by atoms with Crippen molar-refractivity contribution >= 4 is 28.8 Å².